The van der Waals surface area contributed by atoms with Crippen molar-refractivity contribution in [1.29, 1.82) is 0 Å². The summed E-state index contributed by atoms with van der Waals surface area (Å²) in [7, 11) is 1.65. The van der Waals surface area contributed by atoms with Crippen LogP contribution in [0.3, 0.4) is 0 Å². The number of hydrogen-bond acceptors (Lipinski definition) is 3. The second kappa shape index (κ2) is 8.34. The number of methoxy groups -OCH3 is 1. The fourth-order valence-electron chi connectivity index (χ4n) is 1.48. The quantitative estimate of drug-likeness (QED) is 0.785. The largest absolute Gasteiger partial charge is 0.385 e. The van der Waals surface area contributed by atoms with Gasteiger partial charge in [0.15, 0.2) is 0 Å². The smallest absolute Gasteiger partial charge is 0.317 e. The fraction of sp³-hybridized carbons (Fsp3) is 0.583. The van der Waals surface area contributed by atoms with Crippen molar-refractivity contribution >= 4 is 29.0 Å². The Balaban J connectivity index is 2.37. The van der Waals surface area contributed by atoms with E-state index in [9.17, 15) is 4.79 Å². The summed E-state index contributed by atoms with van der Waals surface area (Å²) in [5, 5.41) is 2.87. The molecule has 1 aromatic rings. The van der Waals surface area contributed by atoms with E-state index in [1.807, 2.05) is 19.1 Å². The first-order valence-corrected chi connectivity index (χ1v) is 7.12. The van der Waals surface area contributed by atoms with E-state index in [4.69, 9.17) is 16.3 Å². The van der Waals surface area contributed by atoms with Crippen LogP contribution in [0.4, 0.5) is 4.79 Å². The summed E-state index contributed by atoms with van der Waals surface area (Å²) in [4.78, 5) is 14.7. The molecule has 1 aromatic heterocycles. The summed E-state index contributed by atoms with van der Waals surface area (Å²) in [6, 6.07) is 3.76. The zero-order valence-electron chi connectivity index (χ0n) is 10.7. The lowest BCUT2D eigenvalue weighted by Gasteiger charge is -2.20. The number of amides is 2. The molecule has 0 aliphatic rings. The number of carbonyl (C=O) groups is 1. The van der Waals surface area contributed by atoms with E-state index in [0.717, 1.165) is 15.6 Å². The number of rotatable bonds is 7. The number of ether oxygens (including phenoxy) is 1. The first-order valence-electron chi connectivity index (χ1n) is 5.93. The first kappa shape index (κ1) is 15.3. The zero-order valence-corrected chi connectivity index (χ0v) is 12.3. The van der Waals surface area contributed by atoms with Gasteiger partial charge in [-0.25, -0.2) is 4.79 Å². The molecule has 0 aliphatic heterocycles. The molecule has 0 fully saturated rings. The molecule has 0 unspecified atom stereocenters. The molecule has 6 heteroatoms. The van der Waals surface area contributed by atoms with E-state index in [0.29, 0.717) is 26.2 Å². The van der Waals surface area contributed by atoms with Crippen LogP contribution in [0, 0.1) is 0 Å². The Kier molecular flexibility index (Phi) is 7.08. The number of thiophene rings is 1. The molecule has 1 N–H and O–H groups in total. The van der Waals surface area contributed by atoms with Crippen LogP contribution >= 0.6 is 22.9 Å². The first-order chi connectivity index (χ1) is 8.67. The van der Waals surface area contributed by atoms with Crippen molar-refractivity contribution in [1.82, 2.24) is 10.2 Å². The van der Waals surface area contributed by atoms with Gasteiger partial charge in [-0.1, -0.05) is 11.6 Å². The maximum Gasteiger partial charge on any atom is 0.317 e. The summed E-state index contributed by atoms with van der Waals surface area (Å²) >= 11 is 7.38. The Morgan fingerprint density at radius 2 is 2.33 bits per heavy atom. The lowest BCUT2D eigenvalue weighted by atomic mass is 10.4. The van der Waals surface area contributed by atoms with Crippen LogP contribution in [0.25, 0.3) is 0 Å². The van der Waals surface area contributed by atoms with E-state index in [1.165, 1.54) is 11.3 Å². The zero-order chi connectivity index (χ0) is 13.4. The molecule has 2 amide bonds. The van der Waals surface area contributed by atoms with Gasteiger partial charge in [0.1, 0.15) is 0 Å². The van der Waals surface area contributed by atoms with E-state index >= 15 is 0 Å². The molecule has 0 aliphatic carbocycles. The van der Waals surface area contributed by atoms with Crippen molar-refractivity contribution in [2.24, 2.45) is 0 Å². The minimum absolute atomic E-state index is 0.0434. The van der Waals surface area contributed by atoms with Gasteiger partial charge in [-0.05, 0) is 25.5 Å². The van der Waals surface area contributed by atoms with Crippen molar-refractivity contribution in [3.8, 4) is 0 Å². The van der Waals surface area contributed by atoms with Crippen molar-refractivity contribution in [3.05, 3.63) is 21.3 Å². The molecule has 102 valence electrons. The van der Waals surface area contributed by atoms with E-state index in [1.54, 1.807) is 12.0 Å². The Morgan fingerprint density at radius 1 is 1.56 bits per heavy atom. The molecule has 18 heavy (non-hydrogen) atoms. The standard InChI is InChI=1S/C12H19ClN2O2S/c1-3-15(9-10-5-6-11(13)18-10)12(16)14-7-4-8-17-2/h5-6H,3-4,7-9H2,1-2H3,(H,14,16). The predicted molar refractivity (Wildman–Crippen MR) is 75.3 cm³/mol. The van der Waals surface area contributed by atoms with Crippen LogP contribution in [-0.4, -0.2) is 37.7 Å². The van der Waals surface area contributed by atoms with Crippen LogP contribution in [0.1, 0.15) is 18.2 Å². The molecular formula is C12H19ClN2O2S. The Hall–Kier alpha value is -0.780. The topological polar surface area (TPSA) is 41.6 Å². The van der Waals surface area contributed by atoms with E-state index in [2.05, 4.69) is 5.32 Å². The molecule has 0 atom stereocenters. The van der Waals surface area contributed by atoms with Crippen molar-refractivity contribution in [3.63, 3.8) is 0 Å². The average molecular weight is 291 g/mol. The van der Waals surface area contributed by atoms with Crippen molar-refractivity contribution in [2.75, 3.05) is 26.8 Å². The van der Waals surface area contributed by atoms with Gasteiger partial charge >= 0.3 is 6.03 Å². The lowest BCUT2D eigenvalue weighted by molar-refractivity contribution is 0.185. The number of nitrogens with one attached hydrogen (secondary N) is 1. The number of nitrogens with zero attached hydrogens (tertiary/aromatic N) is 1. The molecule has 0 radical (unpaired) electrons. The summed E-state index contributed by atoms with van der Waals surface area (Å²) in [5.74, 6) is 0. The summed E-state index contributed by atoms with van der Waals surface area (Å²) in [6.07, 6.45) is 0.824. The third-order valence-corrected chi connectivity index (χ3v) is 3.66. The Labute approximate surface area is 117 Å². The minimum atomic E-state index is -0.0434. The minimum Gasteiger partial charge on any atom is -0.385 e. The highest BCUT2D eigenvalue weighted by atomic mass is 35.5. The summed E-state index contributed by atoms with van der Waals surface area (Å²) < 4.78 is 5.68. The molecule has 0 saturated carbocycles. The highest BCUT2D eigenvalue weighted by Crippen LogP contribution is 2.22. The van der Waals surface area contributed by atoms with Gasteiger partial charge in [0, 0.05) is 31.7 Å². The monoisotopic (exact) mass is 290 g/mol. The number of hydrogen-bond donors (Lipinski definition) is 1. The molecule has 0 saturated heterocycles. The van der Waals surface area contributed by atoms with Crippen molar-refractivity contribution < 1.29 is 9.53 Å². The van der Waals surface area contributed by atoms with Gasteiger partial charge in [0.05, 0.1) is 10.9 Å². The molecule has 4 nitrogen and oxygen atoms in total. The molecule has 0 bridgehead atoms. The maximum absolute atomic E-state index is 11.9. The average Bonchev–Trinajstić information content (AvgIpc) is 2.77. The third kappa shape index (κ3) is 5.25. The second-order valence-corrected chi connectivity index (χ2v) is 5.60. The SMILES string of the molecule is CCN(Cc1ccc(Cl)s1)C(=O)NCCCOC. The second-order valence-electron chi connectivity index (χ2n) is 3.80. The molecule has 0 spiro atoms. The lowest BCUT2D eigenvalue weighted by Crippen LogP contribution is -2.39. The molecule has 0 aromatic carbocycles. The number of urea groups is 1. The van der Waals surface area contributed by atoms with Gasteiger partial charge < -0.3 is 15.0 Å². The van der Waals surface area contributed by atoms with Crippen LogP contribution in [0.5, 0.6) is 0 Å². The maximum atomic E-state index is 11.9. The highest BCUT2D eigenvalue weighted by molar-refractivity contribution is 7.16. The van der Waals surface area contributed by atoms with Crippen LogP contribution < -0.4 is 5.32 Å². The van der Waals surface area contributed by atoms with Crippen LogP contribution in [0.15, 0.2) is 12.1 Å². The molecule has 1 heterocycles. The predicted octanol–water partition coefficient (Wildman–Crippen LogP) is 2.97. The van der Waals surface area contributed by atoms with Gasteiger partial charge in [-0.2, -0.15) is 0 Å². The third-order valence-electron chi connectivity index (χ3n) is 2.45. The molecular weight excluding hydrogens is 272 g/mol. The normalized spacial score (nSPS) is 10.4. The highest BCUT2D eigenvalue weighted by Gasteiger charge is 2.12. The van der Waals surface area contributed by atoms with E-state index in [-0.39, 0.29) is 6.03 Å². The Morgan fingerprint density at radius 3 is 2.89 bits per heavy atom. The summed E-state index contributed by atoms with van der Waals surface area (Å²) in [5.41, 5.74) is 0. The van der Waals surface area contributed by atoms with Crippen molar-refractivity contribution in [2.45, 2.75) is 19.9 Å². The number of halogens is 1. The Bertz CT molecular complexity index is 371. The van der Waals surface area contributed by atoms with Crippen LogP contribution in [-0.2, 0) is 11.3 Å². The number of carbonyl (C=O) groups excluding carboxylic acids is 1. The fourth-order valence-corrected chi connectivity index (χ4v) is 2.58. The van der Waals surface area contributed by atoms with Gasteiger partial charge in [-0.3, -0.25) is 0 Å². The van der Waals surface area contributed by atoms with Gasteiger partial charge in [0.25, 0.3) is 0 Å². The van der Waals surface area contributed by atoms with Gasteiger partial charge in [0.2, 0.25) is 0 Å². The van der Waals surface area contributed by atoms with Crippen LogP contribution in [0.2, 0.25) is 4.34 Å². The summed E-state index contributed by atoms with van der Waals surface area (Å²) in [6.45, 7) is 4.53. The van der Waals surface area contributed by atoms with Gasteiger partial charge in [-0.15, -0.1) is 11.3 Å². The molecule has 1 rings (SSSR count). The van der Waals surface area contributed by atoms with E-state index < -0.39 is 0 Å².